The zero-order valence-corrected chi connectivity index (χ0v) is 25.0. The van der Waals surface area contributed by atoms with Crippen LogP contribution in [0.5, 0.6) is 0 Å². The van der Waals surface area contributed by atoms with Crippen LogP contribution in [0.3, 0.4) is 0 Å². The van der Waals surface area contributed by atoms with Gasteiger partial charge in [0.2, 0.25) is 0 Å². The molecule has 3 aliphatic heterocycles. The minimum atomic E-state index is -0.616. The molecular formula is C31H38BN7O2S. The summed E-state index contributed by atoms with van der Waals surface area (Å²) >= 11 is 1.21. The average Bonchev–Trinajstić information content (AvgIpc) is 3.93. The van der Waals surface area contributed by atoms with E-state index in [1.54, 1.807) is 0 Å². The lowest BCUT2D eigenvalue weighted by molar-refractivity contribution is 0.0624. The fourth-order valence-corrected chi connectivity index (χ4v) is 8.92. The number of rotatable bonds is 5. The van der Waals surface area contributed by atoms with Gasteiger partial charge in [0.1, 0.15) is 36.6 Å². The number of hydrogen-bond acceptors (Lipinski definition) is 9. The first kappa shape index (κ1) is 26.8. The normalized spacial score (nSPS) is 30.5. The Kier molecular flexibility index (Phi) is 6.32. The first-order valence-electron chi connectivity index (χ1n) is 15.5. The van der Waals surface area contributed by atoms with E-state index in [1.807, 2.05) is 54.5 Å². The van der Waals surface area contributed by atoms with Crippen LogP contribution in [0, 0.1) is 22.7 Å². The zero-order valence-electron chi connectivity index (χ0n) is 24.1. The van der Waals surface area contributed by atoms with Crippen LogP contribution >= 0.6 is 11.9 Å². The molecule has 5 heterocycles. The van der Waals surface area contributed by atoms with Crippen LogP contribution in [0.2, 0.25) is 0 Å². The van der Waals surface area contributed by atoms with Crippen LogP contribution in [0.1, 0.15) is 68.6 Å². The topological polar surface area (TPSA) is 94.7 Å². The van der Waals surface area contributed by atoms with Crippen LogP contribution in [-0.2, 0) is 4.74 Å². The monoisotopic (exact) mass is 583 g/mol. The molecule has 6 aliphatic rings. The summed E-state index contributed by atoms with van der Waals surface area (Å²) in [6.45, 7) is 4.40. The smallest absolute Gasteiger partial charge is 0.265 e. The summed E-state index contributed by atoms with van der Waals surface area (Å²) < 4.78 is 9.20. The van der Waals surface area contributed by atoms with E-state index in [2.05, 4.69) is 25.3 Å². The van der Waals surface area contributed by atoms with Gasteiger partial charge < -0.3 is 15.0 Å². The van der Waals surface area contributed by atoms with E-state index in [-0.39, 0.29) is 12.1 Å². The summed E-state index contributed by atoms with van der Waals surface area (Å²) in [7, 11) is 6.89. The van der Waals surface area contributed by atoms with Crippen molar-refractivity contribution in [3.05, 3.63) is 48.2 Å². The lowest BCUT2D eigenvalue weighted by Crippen LogP contribution is -2.44. The highest BCUT2D eigenvalue weighted by atomic mass is 32.2. The van der Waals surface area contributed by atoms with Crippen molar-refractivity contribution in [1.82, 2.24) is 20.1 Å². The number of nitrogens with one attached hydrogen (secondary N) is 3. The number of aromatic nitrogens is 2. The maximum absolute atomic E-state index is 13.5. The fraction of sp³-hybridized carbons (Fsp3) is 0.581. The van der Waals surface area contributed by atoms with E-state index in [1.165, 1.54) is 37.6 Å². The SMILES string of the molecule is [B]C1(C)CC2CCCNc3cccc(n3)SNC(=O)c3ccc(N4C=CC(OCCC5C6(CC6)C56CC6)N4)nc3N1C2. The molecule has 4 fully saturated rings. The Morgan fingerprint density at radius 3 is 2.79 bits per heavy atom. The minimum absolute atomic E-state index is 0.194. The Bertz CT molecular complexity index is 1410. The van der Waals surface area contributed by atoms with Crippen molar-refractivity contribution in [2.45, 2.75) is 75.0 Å². The molecule has 42 heavy (non-hydrogen) atoms. The Morgan fingerprint density at radius 1 is 1.14 bits per heavy atom. The maximum atomic E-state index is 13.5. The highest BCUT2D eigenvalue weighted by molar-refractivity contribution is 7.97. The quantitative estimate of drug-likeness (QED) is 0.345. The van der Waals surface area contributed by atoms with Gasteiger partial charge in [0, 0.05) is 37.8 Å². The third-order valence-electron chi connectivity index (χ3n) is 10.6. The van der Waals surface area contributed by atoms with Gasteiger partial charge in [0.05, 0.1) is 5.56 Å². The van der Waals surface area contributed by atoms with Gasteiger partial charge in [-0.05, 0) is 110 Å². The zero-order chi connectivity index (χ0) is 28.5. The minimum Gasteiger partial charge on any atom is -0.370 e. The molecule has 2 spiro atoms. The third-order valence-corrected chi connectivity index (χ3v) is 11.4. The summed E-state index contributed by atoms with van der Waals surface area (Å²) in [6.07, 6.45) is 13.6. The number of hydrazine groups is 1. The molecule has 3 unspecified atom stereocenters. The van der Waals surface area contributed by atoms with E-state index >= 15 is 0 Å². The molecular weight excluding hydrogens is 545 g/mol. The summed E-state index contributed by atoms with van der Waals surface area (Å²) in [4.78, 5) is 25.3. The van der Waals surface area contributed by atoms with Crippen molar-refractivity contribution >= 4 is 43.2 Å². The van der Waals surface area contributed by atoms with Gasteiger partial charge in [-0.25, -0.2) is 9.97 Å². The van der Waals surface area contributed by atoms with E-state index in [0.29, 0.717) is 33.9 Å². The Labute approximate surface area is 253 Å². The number of pyridine rings is 2. The number of carbonyl (C=O) groups excluding carboxylic acids is 1. The Morgan fingerprint density at radius 2 is 1.98 bits per heavy atom. The molecule has 11 heteroatoms. The van der Waals surface area contributed by atoms with Crippen molar-refractivity contribution in [1.29, 1.82) is 0 Å². The van der Waals surface area contributed by atoms with Gasteiger partial charge in [0.25, 0.3) is 5.91 Å². The first-order chi connectivity index (χ1) is 20.4. The van der Waals surface area contributed by atoms with Crippen LogP contribution in [0.15, 0.2) is 47.6 Å². The predicted molar refractivity (Wildman–Crippen MR) is 165 cm³/mol. The van der Waals surface area contributed by atoms with Gasteiger partial charge in [-0.1, -0.05) is 13.0 Å². The van der Waals surface area contributed by atoms with Crippen LogP contribution in [0.4, 0.5) is 17.5 Å². The molecule has 8 rings (SSSR count). The number of nitrogens with zero attached hydrogens (tertiary/aromatic N) is 4. The van der Waals surface area contributed by atoms with Crippen molar-refractivity contribution < 1.29 is 9.53 Å². The maximum Gasteiger partial charge on any atom is 0.265 e. The molecule has 1 amide bonds. The lowest BCUT2D eigenvalue weighted by Gasteiger charge is -2.35. The Balaban J connectivity index is 0.997. The van der Waals surface area contributed by atoms with E-state index < -0.39 is 5.44 Å². The molecule has 1 saturated heterocycles. The van der Waals surface area contributed by atoms with Crippen molar-refractivity contribution in [3.63, 3.8) is 0 Å². The molecule has 3 atom stereocenters. The summed E-state index contributed by atoms with van der Waals surface area (Å²) in [6, 6.07) is 9.51. The third kappa shape index (κ3) is 4.59. The number of amides is 1. The van der Waals surface area contributed by atoms with Gasteiger partial charge in [-0.2, -0.15) is 5.43 Å². The molecule has 4 bridgehead atoms. The summed E-state index contributed by atoms with van der Waals surface area (Å²) in [5.74, 6) is 3.18. The molecule has 0 aromatic carbocycles. The molecule has 2 radical (unpaired) electrons. The highest BCUT2D eigenvalue weighted by Crippen LogP contribution is 2.93. The second-order valence-electron chi connectivity index (χ2n) is 13.3. The molecule has 2 aromatic heterocycles. The Hall–Kier alpha value is -2.76. The van der Waals surface area contributed by atoms with Crippen molar-refractivity contribution in [2.24, 2.45) is 22.7 Å². The summed E-state index contributed by atoms with van der Waals surface area (Å²) in [5, 5.41) is 6.02. The van der Waals surface area contributed by atoms with Crippen molar-refractivity contribution in [2.75, 3.05) is 34.9 Å². The van der Waals surface area contributed by atoms with Crippen LogP contribution in [-0.4, -0.2) is 55.1 Å². The van der Waals surface area contributed by atoms with E-state index in [0.717, 1.165) is 62.1 Å². The largest absolute Gasteiger partial charge is 0.370 e. The van der Waals surface area contributed by atoms with Gasteiger partial charge >= 0.3 is 0 Å². The number of ether oxygens (including phenoxy) is 1. The number of anilines is 3. The molecule has 218 valence electrons. The molecule has 2 aromatic rings. The second-order valence-corrected chi connectivity index (χ2v) is 14.2. The molecule has 9 nitrogen and oxygen atoms in total. The van der Waals surface area contributed by atoms with Gasteiger partial charge in [-0.3, -0.25) is 14.5 Å². The predicted octanol–water partition coefficient (Wildman–Crippen LogP) is 4.59. The van der Waals surface area contributed by atoms with Crippen LogP contribution < -0.4 is 25.4 Å². The lowest BCUT2D eigenvalue weighted by atomic mass is 9.75. The van der Waals surface area contributed by atoms with E-state index in [9.17, 15) is 4.79 Å². The standard InChI is InChI=1S/C31H38BN7O2S/c1-29(32)18-20-4-3-15-33-23-5-2-6-26(34-23)42-37-28(40)21-7-8-24(35-27(21)38(29)19-20)39-16-9-25(36-39)41-17-10-22-30(11-12-30)31(22)13-14-31/h2,5-9,16,20,22,25,36H,3-4,10-15,17-19H2,1H3,(H,33,34)(H,37,40). The number of hydrogen-bond donors (Lipinski definition) is 3. The average molecular weight is 584 g/mol. The second kappa shape index (κ2) is 9.89. The first-order valence-corrected chi connectivity index (χ1v) is 16.3. The van der Waals surface area contributed by atoms with Gasteiger partial charge in [-0.15, -0.1) is 0 Å². The van der Waals surface area contributed by atoms with Crippen molar-refractivity contribution in [3.8, 4) is 0 Å². The number of fused-ring (bicyclic) bond motifs is 7. The van der Waals surface area contributed by atoms with E-state index in [4.69, 9.17) is 17.6 Å². The molecule has 3 aliphatic carbocycles. The van der Waals surface area contributed by atoms with Gasteiger partial charge in [0.15, 0.2) is 0 Å². The summed E-state index contributed by atoms with van der Waals surface area (Å²) in [5.41, 5.74) is 4.73. The highest BCUT2D eigenvalue weighted by Gasteiger charge is 2.85. The molecule has 3 saturated carbocycles. The fourth-order valence-electron chi connectivity index (χ4n) is 8.32. The molecule has 3 N–H and O–H groups in total. The number of carbonyl (C=O) groups is 1. The van der Waals surface area contributed by atoms with Crippen LogP contribution in [0.25, 0.3) is 0 Å².